The molecule has 0 bridgehead atoms. The van der Waals surface area contributed by atoms with Crippen LogP contribution in [-0.4, -0.2) is 35.7 Å². The molecule has 1 atom stereocenters. The molecule has 7 nitrogen and oxygen atoms in total. The summed E-state index contributed by atoms with van der Waals surface area (Å²) in [5.41, 5.74) is 1.36. The minimum Gasteiger partial charge on any atom is -0.352 e. The van der Waals surface area contributed by atoms with Crippen LogP contribution in [0.5, 0.6) is 0 Å². The van der Waals surface area contributed by atoms with Gasteiger partial charge in [0.05, 0.1) is 21.2 Å². The Morgan fingerprint density at radius 1 is 1.52 bits per heavy atom. The minimum absolute atomic E-state index is 0.0227. The van der Waals surface area contributed by atoms with Gasteiger partial charge in [0.1, 0.15) is 0 Å². The summed E-state index contributed by atoms with van der Waals surface area (Å²) in [6, 6.07) is 4.63. The van der Waals surface area contributed by atoms with Crippen LogP contribution >= 0.6 is 11.8 Å². The lowest BCUT2D eigenvalue weighted by Gasteiger charge is -2.12. The highest BCUT2D eigenvalue weighted by Gasteiger charge is 2.20. The Kier molecular flexibility index (Phi) is 6.26. The number of nitrogens with two attached hydrogens (primary N) is 1. The number of carbonyl (C=O) groups is 1. The molecule has 0 spiro atoms. The first kappa shape index (κ1) is 19.5. The number of fused-ring (bicyclic) bond motifs is 1. The summed E-state index contributed by atoms with van der Waals surface area (Å²) in [4.78, 5) is 16.6. The van der Waals surface area contributed by atoms with E-state index < -0.39 is 10.0 Å². The molecule has 25 heavy (non-hydrogen) atoms. The molecule has 136 valence electrons. The van der Waals surface area contributed by atoms with Crippen molar-refractivity contribution in [1.29, 1.82) is 0 Å². The van der Waals surface area contributed by atoms with E-state index in [1.165, 1.54) is 23.9 Å². The van der Waals surface area contributed by atoms with E-state index in [0.29, 0.717) is 23.8 Å². The molecule has 1 aromatic carbocycles. The molecule has 0 aliphatic rings. The molecule has 3 N–H and O–H groups in total. The molecule has 9 heteroatoms. The van der Waals surface area contributed by atoms with Gasteiger partial charge in [0.2, 0.25) is 15.9 Å². The molecule has 1 unspecified atom stereocenters. The average Bonchev–Trinajstić information content (AvgIpc) is 2.88. The Morgan fingerprint density at radius 3 is 2.84 bits per heavy atom. The number of nitrogens with zero attached hydrogens (tertiary/aromatic N) is 2. The van der Waals surface area contributed by atoms with E-state index in [-0.39, 0.29) is 16.1 Å². The summed E-state index contributed by atoms with van der Waals surface area (Å²) >= 11 is 1.33. The van der Waals surface area contributed by atoms with Gasteiger partial charge in [-0.25, -0.2) is 18.5 Å². The predicted molar refractivity (Wildman–Crippen MR) is 99.9 cm³/mol. The second kappa shape index (κ2) is 8.03. The van der Waals surface area contributed by atoms with E-state index in [2.05, 4.69) is 16.9 Å². The zero-order valence-electron chi connectivity index (χ0n) is 14.2. The lowest BCUT2D eigenvalue weighted by Crippen LogP contribution is -2.31. The van der Waals surface area contributed by atoms with Crippen molar-refractivity contribution in [2.24, 2.45) is 5.14 Å². The highest BCUT2D eigenvalue weighted by atomic mass is 32.2. The van der Waals surface area contributed by atoms with Crippen LogP contribution in [0.15, 0.2) is 40.9 Å². The second-order valence-electron chi connectivity index (χ2n) is 5.54. The van der Waals surface area contributed by atoms with Gasteiger partial charge in [-0.1, -0.05) is 24.8 Å². The lowest BCUT2D eigenvalue weighted by atomic mass is 10.3. The van der Waals surface area contributed by atoms with Gasteiger partial charge in [-0.15, -0.1) is 6.58 Å². The normalized spacial score (nSPS) is 12.9. The maximum atomic E-state index is 12.1. The Labute approximate surface area is 151 Å². The summed E-state index contributed by atoms with van der Waals surface area (Å²) in [6.07, 6.45) is 2.50. The van der Waals surface area contributed by atoms with Crippen LogP contribution in [0.1, 0.15) is 20.3 Å². The van der Waals surface area contributed by atoms with E-state index >= 15 is 0 Å². The maximum Gasteiger partial charge on any atom is 0.238 e. The van der Waals surface area contributed by atoms with Crippen molar-refractivity contribution in [2.75, 3.05) is 6.54 Å². The summed E-state index contributed by atoms with van der Waals surface area (Å²) < 4.78 is 25.1. The first-order valence-electron chi connectivity index (χ1n) is 7.86. The summed E-state index contributed by atoms with van der Waals surface area (Å²) in [7, 11) is -3.79. The molecular weight excluding hydrogens is 360 g/mol. The van der Waals surface area contributed by atoms with Crippen LogP contribution < -0.4 is 10.5 Å². The molecule has 0 saturated carbocycles. The monoisotopic (exact) mass is 382 g/mol. The number of primary sulfonamides is 1. The van der Waals surface area contributed by atoms with Crippen molar-refractivity contribution < 1.29 is 13.2 Å². The number of amides is 1. The quantitative estimate of drug-likeness (QED) is 0.535. The van der Waals surface area contributed by atoms with Gasteiger partial charge in [-0.2, -0.15) is 0 Å². The topological polar surface area (TPSA) is 107 Å². The van der Waals surface area contributed by atoms with Crippen LogP contribution in [-0.2, 0) is 21.4 Å². The first-order chi connectivity index (χ1) is 11.8. The van der Waals surface area contributed by atoms with Crippen LogP contribution in [0.3, 0.4) is 0 Å². The molecule has 0 aliphatic heterocycles. The van der Waals surface area contributed by atoms with Gasteiger partial charge >= 0.3 is 0 Å². The number of imidazole rings is 1. The number of hydrogen-bond donors (Lipinski definition) is 2. The first-order valence-corrected chi connectivity index (χ1v) is 10.3. The Balaban J connectivity index is 2.39. The van der Waals surface area contributed by atoms with Crippen molar-refractivity contribution >= 4 is 38.7 Å². The molecule has 1 aromatic heterocycles. The maximum absolute atomic E-state index is 12.1. The van der Waals surface area contributed by atoms with Crippen molar-refractivity contribution in [3.63, 3.8) is 0 Å². The molecule has 2 aromatic rings. The smallest absolute Gasteiger partial charge is 0.238 e. The third-order valence-electron chi connectivity index (χ3n) is 3.53. The van der Waals surface area contributed by atoms with Gasteiger partial charge in [0, 0.05) is 13.1 Å². The fourth-order valence-electron chi connectivity index (χ4n) is 2.32. The molecular formula is C16H22N4O3S2. The van der Waals surface area contributed by atoms with Gasteiger partial charge in [-0.05, 0) is 31.5 Å². The third-order valence-corrected chi connectivity index (χ3v) is 5.53. The van der Waals surface area contributed by atoms with Crippen LogP contribution in [0.4, 0.5) is 0 Å². The second-order valence-corrected chi connectivity index (χ2v) is 8.40. The fraction of sp³-hybridized carbons (Fsp3) is 0.375. The summed E-state index contributed by atoms with van der Waals surface area (Å²) in [6.45, 7) is 8.54. The Hall–Kier alpha value is -1.84. The van der Waals surface area contributed by atoms with Crippen molar-refractivity contribution in [3.8, 4) is 0 Å². The number of thioether (sulfide) groups is 1. The number of benzene rings is 1. The number of aryl methyl sites for hydroxylation is 1. The SMILES string of the molecule is C=CCNC(=O)C(C)Sc1nc2cc(S(N)(=O)=O)ccc2n1CCC. The Morgan fingerprint density at radius 2 is 2.24 bits per heavy atom. The number of sulfonamides is 1. The van der Waals surface area contributed by atoms with Crippen LogP contribution in [0.2, 0.25) is 0 Å². The van der Waals surface area contributed by atoms with Crippen LogP contribution in [0, 0.1) is 0 Å². The largest absolute Gasteiger partial charge is 0.352 e. The van der Waals surface area contributed by atoms with Gasteiger partial charge in [0.25, 0.3) is 0 Å². The predicted octanol–water partition coefficient (Wildman–Crippen LogP) is 1.88. The molecule has 0 saturated heterocycles. The van der Waals surface area contributed by atoms with Crippen molar-refractivity contribution in [2.45, 2.75) is 42.1 Å². The van der Waals surface area contributed by atoms with E-state index in [1.54, 1.807) is 19.1 Å². The number of nitrogens with one attached hydrogen (secondary N) is 1. The van der Waals surface area contributed by atoms with Crippen LogP contribution in [0.25, 0.3) is 11.0 Å². The van der Waals surface area contributed by atoms with Crippen molar-refractivity contribution in [1.82, 2.24) is 14.9 Å². The fourth-order valence-corrected chi connectivity index (χ4v) is 3.83. The van der Waals surface area contributed by atoms with Gasteiger partial charge in [0.15, 0.2) is 5.16 Å². The van der Waals surface area contributed by atoms with Gasteiger partial charge < -0.3 is 9.88 Å². The molecule has 0 fully saturated rings. The number of hydrogen-bond acceptors (Lipinski definition) is 5. The van der Waals surface area contributed by atoms with Gasteiger partial charge in [-0.3, -0.25) is 4.79 Å². The number of aromatic nitrogens is 2. The zero-order valence-corrected chi connectivity index (χ0v) is 15.9. The molecule has 0 aliphatic carbocycles. The summed E-state index contributed by atoms with van der Waals surface area (Å²) in [5, 5.41) is 8.27. The third kappa shape index (κ3) is 4.62. The highest BCUT2D eigenvalue weighted by molar-refractivity contribution is 8.00. The zero-order chi connectivity index (χ0) is 18.6. The standard InChI is InChI=1S/C16H22N4O3S2/c1-4-8-18-15(21)11(3)24-16-19-13-10-12(25(17,22)23)6-7-14(13)20(16)9-5-2/h4,6-7,10-11H,1,5,8-9H2,2-3H3,(H,18,21)(H2,17,22,23). The number of carbonyl (C=O) groups excluding carboxylic acids is 1. The van der Waals surface area contributed by atoms with E-state index in [4.69, 9.17) is 5.14 Å². The van der Waals surface area contributed by atoms with Crippen molar-refractivity contribution in [3.05, 3.63) is 30.9 Å². The van der Waals surface area contributed by atoms with E-state index in [1.807, 2.05) is 11.5 Å². The average molecular weight is 383 g/mol. The Bertz CT molecular complexity index is 890. The molecule has 1 amide bonds. The highest BCUT2D eigenvalue weighted by Crippen LogP contribution is 2.29. The minimum atomic E-state index is -3.79. The number of rotatable bonds is 8. The molecule has 1 heterocycles. The van der Waals surface area contributed by atoms with E-state index in [0.717, 1.165) is 11.9 Å². The molecule has 0 radical (unpaired) electrons. The summed E-state index contributed by atoms with van der Waals surface area (Å²) in [5.74, 6) is -0.106. The molecule has 2 rings (SSSR count). The lowest BCUT2D eigenvalue weighted by molar-refractivity contribution is -0.120. The van der Waals surface area contributed by atoms with E-state index in [9.17, 15) is 13.2 Å².